The number of nitrogens with zero attached hydrogens (tertiary/aromatic N) is 12. The Bertz CT molecular complexity index is 3410. The molecule has 3 saturated carbocycles. The van der Waals surface area contributed by atoms with Crippen molar-refractivity contribution in [1.29, 1.82) is 0 Å². The molecule has 1 amide bonds. The van der Waals surface area contributed by atoms with Crippen LogP contribution in [0.2, 0.25) is 5.02 Å². The van der Waals surface area contributed by atoms with Crippen molar-refractivity contribution in [3.8, 4) is 11.6 Å². The van der Waals surface area contributed by atoms with Crippen LogP contribution in [0.25, 0.3) is 28.6 Å². The number of halogens is 3. The quantitative estimate of drug-likeness (QED) is 0.0814. The number of hydrogen-bond donors (Lipinski definition) is 6. The van der Waals surface area contributed by atoms with Gasteiger partial charge in [0.25, 0.3) is 17.0 Å². The van der Waals surface area contributed by atoms with Gasteiger partial charge in [-0.05, 0) is 62.2 Å². The van der Waals surface area contributed by atoms with Crippen molar-refractivity contribution >= 4 is 69.1 Å². The average Bonchev–Trinajstić information content (AvgIpc) is 4.32. The number of hydrogen-bond acceptors (Lipinski definition) is 16. The Balaban J connectivity index is 0.000000160. The van der Waals surface area contributed by atoms with Gasteiger partial charge in [-0.25, -0.2) is 18.7 Å². The third kappa shape index (κ3) is 9.22. The van der Waals surface area contributed by atoms with E-state index in [4.69, 9.17) is 11.6 Å². The number of pyridine rings is 2. The number of carbonyl (C=O) groups excluding carboxylic acids is 1. The van der Waals surface area contributed by atoms with Crippen LogP contribution in [0.15, 0.2) is 95.6 Å². The Morgan fingerprint density at radius 1 is 0.739 bits per heavy atom. The van der Waals surface area contributed by atoms with Crippen molar-refractivity contribution in [3.63, 3.8) is 0 Å². The van der Waals surface area contributed by atoms with Crippen LogP contribution in [0.3, 0.4) is 0 Å². The number of aryl methyl sites for hydroxylation is 1. The minimum atomic E-state index is -1.04. The monoisotopic (exact) mass is 956 g/mol. The van der Waals surface area contributed by atoms with Gasteiger partial charge in [0.1, 0.15) is 52.6 Å². The standard InChI is InChI=1S/C24H24FN9O.C21H19ClFN9O2/c1-13(28-19-10-16(19)25)15-12-27-34-22(26-2)11-20(30-23(15)34)29-18-4-3-9-33(24(18)35)21-8-7-17(31-32-21)14-5-6-14;1-10-3-4-17(30-29-10)31-9-11(22)5-15(21(31)34)26-16-7-18(24-2)32-19(28-16)12(8-25-32)20(33)27-14-6-13(14)23/h3-4,7-9,11-12,14,16,19,26,28H,1,5-6,10H2,2H3,(H,29,30);3-5,7-9,13-14,24H,6H2,1-2H3,(H,26,28)(H,27,33)/t16-,19+;13-,14+/m11/s1. The molecule has 0 radical (unpaired) electrons. The molecule has 21 nitrogen and oxygen atoms in total. The van der Waals surface area contributed by atoms with Crippen molar-refractivity contribution in [2.45, 2.75) is 63.0 Å². The minimum Gasteiger partial charge on any atom is -0.379 e. The Labute approximate surface area is 395 Å². The topological polar surface area (TPSA) is 245 Å². The fourth-order valence-corrected chi connectivity index (χ4v) is 7.60. The van der Waals surface area contributed by atoms with Gasteiger partial charge in [0.2, 0.25) is 0 Å². The first kappa shape index (κ1) is 44.5. The number of aromatic nitrogens is 12. The van der Waals surface area contributed by atoms with Gasteiger partial charge < -0.3 is 31.9 Å². The zero-order valence-electron chi connectivity index (χ0n) is 37.2. The van der Waals surface area contributed by atoms with Crippen LogP contribution in [-0.2, 0) is 0 Å². The maximum absolute atomic E-state index is 13.4. The van der Waals surface area contributed by atoms with E-state index in [-0.39, 0.29) is 39.3 Å². The van der Waals surface area contributed by atoms with Crippen molar-refractivity contribution < 1.29 is 13.6 Å². The van der Waals surface area contributed by atoms with Crippen molar-refractivity contribution in [2.24, 2.45) is 0 Å². The number of anilines is 6. The van der Waals surface area contributed by atoms with Gasteiger partial charge in [-0.1, -0.05) is 18.2 Å². The summed E-state index contributed by atoms with van der Waals surface area (Å²) in [5, 5.41) is 43.3. The number of amides is 1. The molecule has 6 N–H and O–H groups in total. The van der Waals surface area contributed by atoms with E-state index in [9.17, 15) is 23.2 Å². The van der Waals surface area contributed by atoms with Gasteiger partial charge in [-0.3, -0.25) is 23.5 Å². The zero-order chi connectivity index (χ0) is 48.1. The number of rotatable bonds is 14. The molecular weight excluding hydrogens is 914 g/mol. The SMILES string of the molecule is C=C(N[C@H]1C[C@H]1F)c1cnn2c(NC)cc(Nc3cccn(-c4ccc(C5CC5)nn4)c3=O)nc12.CNc1cc(Nc2cc(Cl)cn(-c3ccc(C)nn3)c2=O)nc2c(C(=O)N[C@H]3C[C@H]3F)cnn12. The predicted octanol–water partition coefficient (Wildman–Crippen LogP) is 5.26. The molecule has 0 aliphatic heterocycles. The molecule has 0 bridgehead atoms. The lowest BCUT2D eigenvalue weighted by Crippen LogP contribution is -2.27. The lowest BCUT2D eigenvalue weighted by atomic mass is 10.2. The van der Waals surface area contributed by atoms with E-state index in [0.29, 0.717) is 76.1 Å². The van der Waals surface area contributed by atoms with E-state index in [1.54, 1.807) is 74.3 Å². The summed E-state index contributed by atoms with van der Waals surface area (Å²) in [6.07, 6.45) is 7.24. The minimum absolute atomic E-state index is 0.137. The summed E-state index contributed by atoms with van der Waals surface area (Å²) < 4.78 is 32.4. The molecule has 24 heteroatoms. The number of fused-ring (bicyclic) bond motifs is 2. The third-order valence-corrected chi connectivity index (χ3v) is 11.7. The first-order chi connectivity index (χ1) is 33.3. The normalized spacial score (nSPS) is 17.9. The summed E-state index contributed by atoms with van der Waals surface area (Å²) in [6, 6.07) is 14.7. The summed E-state index contributed by atoms with van der Waals surface area (Å²) in [4.78, 5) is 48.1. The lowest BCUT2D eigenvalue weighted by molar-refractivity contribution is 0.0949. The summed E-state index contributed by atoms with van der Waals surface area (Å²) in [5.74, 6) is 2.65. The molecular formula is C45H43ClF2N18O3. The van der Waals surface area contributed by atoms with Crippen molar-refractivity contribution in [1.82, 2.24) is 69.4 Å². The Morgan fingerprint density at radius 2 is 1.32 bits per heavy atom. The molecule has 352 valence electrons. The second kappa shape index (κ2) is 18.0. The Hall–Kier alpha value is -8.34. The third-order valence-electron chi connectivity index (χ3n) is 11.5. The highest BCUT2D eigenvalue weighted by Gasteiger charge is 2.39. The molecule has 11 rings (SSSR count). The van der Waals surface area contributed by atoms with Gasteiger partial charge in [-0.15, -0.1) is 10.2 Å². The molecule has 0 aromatic carbocycles. The van der Waals surface area contributed by atoms with Crippen molar-refractivity contribution in [3.05, 3.63) is 134 Å². The smallest absolute Gasteiger partial charge is 0.280 e. The highest BCUT2D eigenvalue weighted by atomic mass is 35.5. The predicted molar refractivity (Wildman–Crippen MR) is 255 cm³/mol. The highest BCUT2D eigenvalue weighted by molar-refractivity contribution is 6.30. The Morgan fingerprint density at radius 3 is 1.91 bits per heavy atom. The molecule has 4 atom stereocenters. The lowest BCUT2D eigenvalue weighted by Gasteiger charge is -2.12. The zero-order valence-corrected chi connectivity index (χ0v) is 37.9. The number of nitrogens with one attached hydrogen (secondary N) is 6. The average molecular weight is 957 g/mol. The van der Waals surface area contributed by atoms with Gasteiger partial charge >= 0.3 is 0 Å². The molecule has 3 fully saturated rings. The van der Waals surface area contributed by atoms with E-state index in [2.05, 4.69) is 79.0 Å². The molecule has 3 aliphatic rings. The van der Waals surface area contributed by atoms with Crippen LogP contribution in [0.4, 0.5) is 43.4 Å². The summed E-state index contributed by atoms with van der Waals surface area (Å²) in [5.41, 5.74) is 3.56. The van der Waals surface area contributed by atoms with E-state index in [1.165, 1.54) is 32.1 Å². The maximum atomic E-state index is 13.4. The second-order valence-electron chi connectivity index (χ2n) is 16.7. The summed E-state index contributed by atoms with van der Waals surface area (Å²) in [6.45, 7) is 5.82. The Kier molecular flexibility index (Phi) is 11.6. The van der Waals surface area contributed by atoms with Crippen LogP contribution < -0.4 is 43.0 Å². The van der Waals surface area contributed by atoms with Crippen LogP contribution >= 0.6 is 11.6 Å². The van der Waals surface area contributed by atoms with E-state index >= 15 is 0 Å². The molecule has 0 spiro atoms. The molecule has 8 aromatic heterocycles. The molecule has 3 aliphatic carbocycles. The fourth-order valence-electron chi connectivity index (χ4n) is 7.39. The summed E-state index contributed by atoms with van der Waals surface area (Å²) >= 11 is 6.26. The second-order valence-corrected chi connectivity index (χ2v) is 17.1. The number of alkyl halides is 2. The molecule has 8 aromatic rings. The van der Waals surface area contributed by atoms with Gasteiger partial charge in [-0.2, -0.15) is 29.4 Å². The van der Waals surface area contributed by atoms with Gasteiger partial charge in [0.15, 0.2) is 22.9 Å². The molecule has 69 heavy (non-hydrogen) atoms. The summed E-state index contributed by atoms with van der Waals surface area (Å²) in [7, 11) is 3.45. The molecule has 0 unspecified atom stereocenters. The maximum Gasteiger partial charge on any atom is 0.280 e. The van der Waals surface area contributed by atoms with Crippen LogP contribution in [0.1, 0.15) is 58.9 Å². The first-order valence-electron chi connectivity index (χ1n) is 21.9. The molecule has 0 saturated heterocycles. The first-order valence-corrected chi connectivity index (χ1v) is 22.2. The van der Waals surface area contributed by atoms with Gasteiger partial charge in [0.05, 0.1) is 46.5 Å². The number of carbonyl (C=O) groups is 1. The van der Waals surface area contributed by atoms with Gasteiger partial charge in [0, 0.05) is 63.1 Å². The molecule has 8 heterocycles. The van der Waals surface area contributed by atoms with E-state index in [1.807, 2.05) is 12.1 Å². The van der Waals surface area contributed by atoms with E-state index in [0.717, 1.165) is 18.5 Å². The largest absolute Gasteiger partial charge is 0.379 e. The van der Waals surface area contributed by atoms with Crippen LogP contribution in [0, 0.1) is 6.92 Å². The fraction of sp³-hybridized carbons (Fsp3) is 0.267. The van der Waals surface area contributed by atoms with Crippen LogP contribution in [-0.4, -0.2) is 103 Å². The van der Waals surface area contributed by atoms with E-state index < -0.39 is 29.9 Å². The highest BCUT2D eigenvalue weighted by Crippen LogP contribution is 2.38. The van der Waals surface area contributed by atoms with Crippen LogP contribution in [0.5, 0.6) is 0 Å². The van der Waals surface area contributed by atoms with Crippen molar-refractivity contribution in [2.75, 3.05) is 35.4 Å².